The molecule has 2 aromatic carbocycles. The lowest BCUT2D eigenvalue weighted by Gasteiger charge is -2.09. The standard InChI is InChI=1S/C14H12BFO4/c1-19-13-8-7-10(9-12(13)16)14(17)20-15(18)11-5-3-2-4-6-11/h2-9,18H,1H3. The average Bonchev–Trinajstić information content (AvgIpc) is 2.48. The molecule has 2 rings (SSSR count). The van der Waals surface area contributed by atoms with Gasteiger partial charge in [-0.3, -0.25) is 0 Å². The molecule has 0 unspecified atom stereocenters. The zero-order valence-electron chi connectivity index (χ0n) is 10.7. The molecule has 4 nitrogen and oxygen atoms in total. The van der Waals surface area contributed by atoms with Crippen LogP contribution in [0.25, 0.3) is 0 Å². The smallest absolute Gasteiger partial charge is 0.502 e. The number of carbonyl (C=O) groups excluding carboxylic acids is 1. The van der Waals surface area contributed by atoms with E-state index in [2.05, 4.69) is 0 Å². The van der Waals surface area contributed by atoms with E-state index in [0.717, 1.165) is 6.07 Å². The Kier molecular flexibility index (Phi) is 4.37. The second-order valence-corrected chi connectivity index (χ2v) is 4.02. The lowest BCUT2D eigenvalue weighted by Crippen LogP contribution is -2.35. The molecule has 0 aromatic heterocycles. The molecular formula is C14H12BFO4. The molecule has 0 aliphatic carbocycles. The zero-order valence-corrected chi connectivity index (χ0v) is 10.7. The molecule has 6 heteroatoms. The van der Waals surface area contributed by atoms with Crippen molar-refractivity contribution in [3.05, 3.63) is 59.9 Å². The van der Waals surface area contributed by atoms with Crippen molar-refractivity contribution in [3.63, 3.8) is 0 Å². The van der Waals surface area contributed by atoms with Crippen LogP contribution in [0.3, 0.4) is 0 Å². The third-order valence-corrected chi connectivity index (χ3v) is 2.69. The van der Waals surface area contributed by atoms with E-state index in [9.17, 15) is 14.2 Å². The van der Waals surface area contributed by atoms with Crippen molar-refractivity contribution in [2.75, 3.05) is 7.11 Å². The molecule has 102 valence electrons. The molecule has 1 N–H and O–H groups in total. The number of methoxy groups -OCH3 is 1. The van der Waals surface area contributed by atoms with E-state index in [1.54, 1.807) is 30.3 Å². The Balaban J connectivity index is 2.10. The number of hydrogen-bond donors (Lipinski definition) is 1. The highest BCUT2D eigenvalue weighted by molar-refractivity contribution is 6.61. The van der Waals surface area contributed by atoms with Gasteiger partial charge in [0.1, 0.15) is 0 Å². The predicted octanol–water partition coefficient (Wildman–Crippen LogP) is 1.38. The molecule has 0 fully saturated rings. The summed E-state index contributed by atoms with van der Waals surface area (Å²) < 4.78 is 23.1. The zero-order chi connectivity index (χ0) is 14.5. The summed E-state index contributed by atoms with van der Waals surface area (Å²) in [5.41, 5.74) is 0.438. The van der Waals surface area contributed by atoms with E-state index in [1.807, 2.05) is 0 Å². The third-order valence-electron chi connectivity index (χ3n) is 2.69. The average molecular weight is 274 g/mol. The van der Waals surface area contributed by atoms with Gasteiger partial charge in [-0.25, -0.2) is 9.18 Å². The van der Waals surface area contributed by atoms with Crippen molar-refractivity contribution in [3.8, 4) is 5.75 Å². The summed E-state index contributed by atoms with van der Waals surface area (Å²) in [5.74, 6) is -1.45. The number of carbonyl (C=O) groups is 1. The lowest BCUT2D eigenvalue weighted by molar-refractivity contribution is 0.0708. The first kappa shape index (κ1) is 14.1. The van der Waals surface area contributed by atoms with Gasteiger partial charge in [-0.1, -0.05) is 30.3 Å². The van der Waals surface area contributed by atoms with E-state index in [-0.39, 0.29) is 11.3 Å². The Morgan fingerprint density at radius 1 is 1.20 bits per heavy atom. The van der Waals surface area contributed by atoms with Gasteiger partial charge in [-0.2, -0.15) is 0 Å². The molecule has 0 radical (unpaired) electrons. The van der Waals surface area contributed by atoms with E-state index in [1.165, 1.54) is 19.2 Å². The number of rotatable bonds is 4. The summed E-state index contributed by atoms with van der Waals surface area (Å²) in [7, 11) is -0.0656. The number of hydrogen-bond acceptors (Lipinski definition) is 4. The van der Waals surface area contributed by atoms with Crippen LogP contribution in [0.5, 0.6) is 5.75 Å². The monoisotopic (exact) mass is 274 g/mol. The second-order valence-electron chi connectivity index (χ2n) is 4.02. The van der Waals surface area contributed by atoms with Gasteiger partial charge in [0, 0.05) is 0 Å². The van der Waals surface area contributed by atoms with E-state index >= 15 is 0 Å². The third kappa shape index (κ3) is 3.16. The van der Waals surface area contributed by atoms with Crippen LogP contribution >= 0.6 is 0 Å². The van der Waals surface area contributed by atoms with Crippen LogP contribution in [-0.2, 0) is 4.65 Å². The van der Waals surface area contributed by atoms with Crippen LogP contribution in [0.4, 0.5) is 4.39 Å². The number of halogens is 1. The van der Waals surface area contributed by atoms with Gasteiger partial charge in [0.05, 0.1) is 12.7 Å². The van der Waals surface area contributed by atoms with Crippen LogP contribution in [0.2, 0.25) is 0 Å². The fourth-order valence-corrected chi connectivity index (χ4v) is 1.65. The van der Waals surface area contributed by atoms with Gasteiger partial charge in [0.15, 0.2) is 11.6 Å². The quantitative estimate of drug-likeness (QED) is 0.856. The van der Waals surface area contributed by atoms with Crippen LogP contribution in [0.15, 0.2) is 48.5 Å². The first-order valence-corrected chi connectivity index (χ1v) is 5.89. The normalized spacial score (nSPS) is 9.95. The molecule has 2 aromatic rings. The summed E-state index contributed by atoms with van der Waals surface area (Å²) >= 11 is 0. The van der Waals surface area contributed by atoms with Gasteiger partial charge in [-0.15, -0.1) is 0 Å². The molecular weight excluding hydrogens is 262 g/mol. The van der Waals surface area contributed by atoms with Crippen molar-refractivity contribution in [2.45, 2.75) is 0 Å². The lowest BCUT2D eigenvalue weighted by atomic mass is 9.79. The molecule has 0 aliphatic rings. The van der Waals surface area contributed by atoms with Gasteiger partial charge in [-0.05, 0) is 23.7 Å². The summed E-state index contributed by atoms with van der Waals surface area (Å²) in [6.07, 6.45) is 0. The maximum absolute atomic E-state index is 13.5. The van der Waals surface area contributed by atoms with Crippen molar-refractivity contribution < 1.29 is 23.6 Å². The summed E-state index contributed by atoms with van der Waals surface area (Å²) in [6, 6.07) is 12.1. The molecule has 0 bridgehead atoms. The van der Waals surface area contributed by atoms with Gasteiger partial charge < -0.3 is 14.4 Å². The minimum Gasteiger partial charge on any atom is -0.502 e. The van der Waals surface area contributed by atoms with E-state index in [4.69, 9.17) is 9.39 Å². The van der Waals surface area contributed by atoms with E-state index in [0.29, 0.717) is 5.46 Å². The molecule has 0 amide bonds. The highest BCUT2D eigenvalue weighted by Crippen LogP contribution is 2.18. The Labute approximate surface area is 115 Å². The van der Waals surface area contributed by atoms with Crippen molar-refractivity contribution >= 4 is 18.6 Å². The second kappa shape index (κ2) is 6.21. The molecule has 0 aliphatic heterocycles. The fourth-order valence-electron chi connectivity index (χ4n) is 1.65. The van der Waals surface area contributed by atoms with Gasteiger partial charge in [0.25, 0.3) is 0 Å². The Morgan fingerprint density at radius 2 is 1.90 bits per heavy atom. The molecule has 0 spiro atoms. The van der Waals surface area contributed by atoms with Crippen molar-refractivity contribution in [2.24, 2.45) is 0 Å². The Morgan fingerprint density at radius 3 is 2.50 bits per heavy atom. The maximum Gasteiger partial charge on any atom is 0.562 e. The van der Waals surface area contributed by atoms with Crippen molar-refractivity contribution in [1.82, 2.24) is 0 Å². The maximum atomic E-state index is 13.5. The van der Waals surface area contributed by atoms with Crippen LogP contribution < -0.4 is 10.2 Å². The Bertz CT molecular complexity index is 603. The Hall–Kier alpha value is -2.34. The van der Waals surface area contributed by atoms with Crippen LogP contribution in [0, 0.1) is 5.82 Å². The highest BCUT2D eigenvalue weighted by Gasteiger charge is 2.22. The largest absolute Gasteiger partial charge is 0.562 e. The summed E-state index contributed by atoms with van der Waals surface area (Å²) in [4.78, 5) is 11.8. The number of benzene rings is 2. The topological polar surface area (TPSA) is 55.8 Å². The van der Waals surface area contributed by atoms with E-state index < -0.39 is 18.9 Å². The molecule has 0 heterocycles. The highest BCUT2D eigenvalue weighted by atomic mass is 19.1. The summed E-state index contributed by atoms with van der Waals surface area (Å²) in [6.45, 7) is 0. The first-order valence-electron chi connectivity index (χ1n) is 5.89. The van der Waals surface area contributed by atoms with Crippen LogP contribution in [0.1, 0.15) is 10.4 Å². The predicted molar refractivity (Wildman–Crippen MR) is 72.4 cm³/mol. The first-order chi connectivity index (χ1) is 9.61. The summed E-state index contributed by atoms with van der Waals surface area (Å²) in [5, 5.41) is 9.76. The minimum absolute atomic E-state index is 0.00159. The van der Waals surface area contributed by atoms with Gasteiger partial charge in [0.2, 0.25) is 0 Å². The van der Waals surface area contributed by atoms with Crippen molar-refractivity contribution in [1.29, 1.82) is 0 Å². The SMILES string of the molecule is COc1ccc(C(=O)OB(O)c2ccccc2)cc1F. The molecule has 0 saturated carbocycles. The van der Waals surface area contributed by atoms with Crippen LogP contribution in [-0.4, -0.2) is 25.2 Å². The number of ether oxygens (including phenoxy) is 1. The van der Waals surface area contributed by atoms with Gasteiger partial charge >= 0.3 is 13.1 Å². The molecule has 0 saturated heterocycles. The molecule has 20 heavy (non-hydrogen) atoms. The molecule has 0 atom stereocenters. The minimum atomic E-state index is -1.39. The fraction of sp³-hybridized carbons (Fsp3) is 0.0714.